The van der Waals surface area contributed by atoms with Gasteiger partial charge in [0.25, 0.3) is 11.8 Å². The van der Waals surface area contributed by atoms with Crippen LogP contribution in [0, 0.1) is 0 Å². The first kappa shape index (κ1) is 16.0. The molecular weight excluding hydrogens is 330 g/mol. The topological polar surface area (TPSA) is 79.4 Å². The van der Waals surface area contributed by atoms with E-state index in [4.69, 9.17) is 0 Å². The first-order valence-electron chi connectivity index (χ1n) is 8.15. The lowest BCUT2D eigenvalue weighted by Crippen LogP contribution is -2.29. The van der Waals surface area contributed by atoms with Crippen molar-refractivity contribution in [3.05, 3.63) is 71.3 Å². The van der Waals surface area contributed by atoms with Gasteiger partial charge >= 0.3 is 0 Å². The van der Waals surface area contributed by atoms with Gasteiger partial charge in [-0.1, -0.05) is 24.3 Å². The van der Waals surface area contributed by atoms with Crippen molar-refractivity contribution < 1.29 is 14.4 Å². The van der Waals surface area contributed by atoms with Crippen LogP contribution >= 0.6 is 0 Å². The summed E-state index contributed by atoms with van der Waals surface area (Å²) < 4.78 is 0. The molecule has 0 atom stereocenters. The monoisotopic (exact) mass is 345 g/mol. The van der Waals surface area contributed by atoms with Gasteiger partial charge in [0, 0.05) is 12.3 Å². The van der Waals surface area contributed by atoms with Gasteiger partial charge in [0.2, 0.25) is 5.91 Å². The van der Waals surface area contributed by atoms with Crippen molar-refractivity contribution in [2.24, 2.45) is 0 Å². The fourth-order valence-corrected chi connectivity index (χ4v) is 3.08. The highest BCUT2D eigenvalue weighted by molar-refractivity contribution is 6.21. The molecule has 1 aliphatic heterocycles. The molecule has 128 valence electrons. The molecule has 3 aromatic rings. The minimum Gasteiger partial charge on any atom is -0.311 e. The summed E-state index contributed by atoms with van der Waals surface area (Å²) in [4.78, 5) is 41.8. The summed E-state index contributed by atoms with van der Waals surface area (Å²) in [5.74, 6) is -0.307. The number of fused-ring (bicyclic) bond motifs is 2. The predicted molar refractivity (Wildman–Crippen MR) is 96.7 cm³/mol. The standard InChI is InChI=1S/C20H15N3O3/c1-12(24)21-18-9-8-14-7-6-13(10-17(14)22-18)11-23-19(25)15-4-2-3-5-16(15)20(23)26/h2-10H,11H2,1H3,(H,21,22,24). The minimum absolute atomic E-state index is 0.175. The minimum atomic E-state index is -0.286. The molecule has 3 amide bonds. The first-order chi connectivity index (χ1) is 12.5. The number of hydrogen-bond donors (Lipinski definition) is 1. The summed E-state index contributed by atoms with van der Waals surface area (Å²) in [7, 11) is 0. The first-order valence-corrected chi connectivity index (χ1v) is 8.15. The normalized spacial score (nSPS) is 13.2. The Balaban J connectivity index is 1.64. The molecule has 6 heteroatoms. The quantitative estimate of drug-likeness (QED) is 0.740. The van der Waals surface area contributed by atoms with Crippen molar-refractivity contribution in [2.75, 3.05) is 5.32 Å². The maximum atomic E-state index is 12.5. The van der Waals surface area contributed by atoms with Crippen LogP contribution in [0.25, 0.3) is 10.9 Å². The van der Waals surface area contributed by atoms with Crippen LogP contribution in [0.15, 0.2) is 54.6 Å². The number of nitrogens with one attached hydrogen (secondary N) is 1. The molecule has 0 fully saturated rings. The molecule has 2 heterocycles. The zero-order chi connectivity index (χ0) is 18.3. The number of benzene rings is 2. The van der Waals surface area contributed by atoms with Crippen molar-refractivity contribution in [3.8, 4) is 0 Å². The molecule has 1 aromatic heterocycles. The summed E-state index contributed by atoms with van der Waals surface area (Å²) in [6.45, 7) is 1.60. The molecule has 6 nitrogen and oxygen atoms in total. The van der Waals surface area contributed by atoms with Crippen molar-refractivity contribution in [1.29, 1.82) is 0 Å². The highest BCUT2D eigenvalue weighted by Gasteiger charge is 2.34. The number of anilines is 1. The van der Waals surface area contributed by atoms with Crippen LogP contribution in [0.4, 0.5) is 5.82 Å². The Bertz CT molecular complexity index is 1040. The van der Waals surface area contributed by atoms with E-state index in [0.717, 1.165) is 10.9 Å². The molecule has 0 saturated carbocycles. The fraction of sp³-hybridized carbons (Fsp3) is 0.100. The van der Waals surface area contributed by atoms with Gasteiger partial charge in [-0.2, -0.15) is 0 Å². The van der Waals surface area contributed by atoms with Crippen molar-refractivity contribution in [2.45, 2.75) is 13.5 Å². The van der Waals surface area contributed by atoms with E-state index in [2.05, 4.69) is 10.3 Å². The van der Waals surface area contributed by atoms with Gasteiger partial charge in [0.15, 0.2) is 0 Å². The van der Waals surface area contributed by atoms with Gasteiger partial charge in [-0.05, 0) is 35.9 Å². The number of imide groups is 1. The molecule has 0 spiro atoms. The number of aromatic nitrogens is 1. The highest BCUT2D eigenvalue weighted by atomic mass is 16.2. The Morgan fingerprint density at radius 3 is 2.31 bits per heavy atom. The number of rotatable bonds is 3. The van der Waals surface area contributed by atoms with E-state index in [1.54, 1.807) is 30.3 Å². The molecule has 0 radical (unpaired) electrons. The summed E-state index contributed by atoms with van der Waals surface area (Å²) in [6, 6.07) is 16.0. The maximum Gasteiger partial charge on any atom is 0.261 e. The lowest BCUT2D eigenvalue weighted by Gasteiger charge is -2.14. The largest absolute Gasteiger partial charge is 0.311 e. The average molecular weight is 345 g/mol. The average Bonchev–Trinajstić information content (AvgIpc) is 2.86. The van der Waals surface area contributed by atoms with Crippen LogP contribution in [0.1, 0.15) is 33.2 Å². The van der Waals surface area contributed by atoms with E-state index < -0.39 is 0 Å². The predicted octanol–water partition coefficient (Wildman–Crippen LogP) is 2.99. The van der Waals surface area contributed by atoms with E-state index in [9.17, 15) is 14.4 Å². The van der Waals surface area contributed by atoms with E-state index in [1.807, 2.05) is 24.3 Å². The van der Waals surface area contributed by atoms with Crippen molar-refractivity contribution in [1.82, 2.24) is 9.88 Å². The molecule has 2 aromatic carbocycles. The Hall–Kier alpha value is -3.54. The third-order valence-corrected chi connectivity index (χ3v) is 4.28. The third kappa shape index (κ3) is 2.71. The molecule has 26 heavy (non-hydrogen) atoms. The van der Waals surface area contributed by atoms with Crippen molar-refractivity contribution >= 4 is 34.4 Å². The maximum absolute atomic E-state index is 12.5. The number of amides is 3. The van der Waals surface area contributed by atoms with Crippen LogP contribution < -0.4 is 5.32 Å². The van der Waals surface area contributed by atoms with E-state index in [1.165, 1.54) is 11.8 Å². The Labute approximate surface area is 149 Å². The molecular formula is C20H15N3O3. The van der Waals surface area contributed by atoms with Gasteiger partial charge in [0.1, 0.15) is 5.82 Å². The Kier molecular flexibility index (Phi) is 3.73. The second-order valence-electron chi connectivity index (χ2n) is 6.15. The van der Waals surface area contributed by atoms with Crippen LogP contribution in [-0.4, -0.2) is 27.6 Å². The molecule has 0 unspecified atom stereocenters. The van der Waals surface area contributed by atoms with Gasteiger partial charge in [-0.15, -0.1) is 0 Å². The van der Waals surface area contributed by atoms with E-state index in [-0.39, 0.29) is 24.3 Å². The highest BCUT2D eigenvalue weighted by Crippen LogP contribution is 2.25. The zero-order valence-electron chi connectivity index (χ0n) is 14.0. The molecule has 0 bridgehead atoms. The van der Waals surface area contributed by atoms with Crippen LogP contribution in [-0.2, 0) is 11.3 Å². The lowest BCUT2D eigenvalue weighted by molar-refractivity contribution is -0.114. The number of nitrogens with zero attached hydrogens (tertiary/aromatic N) is 2. The van der Waals surface area contributed by atoms with Gasteiger partial charge < -0.3 is 5.32 Å². The second kappa shape index (κ2) is 6.07. The van der Waals surface area contributed by atoms with Crippen LogP contribution in [0.2, 0.25) is 0 Å². The molecule has 0 aliphatic carbocycles. The third-order valence-electron chi connectivity index (χ3n) is 4.28. The number of carbonyl (C=O) groups is 3. The molecule has 0 saturated heterocycles. The molecule has 4 rings (SSSR count). The Morgan fingerprint density at radius 1 is 1.00 bits per heavy atom. The smallest absolute Gasteiger partial charge is 0.261 e. The Morgan fingerprint density at radius 2 is 1.65 bits per heavy atom. The SMILES string of the molecule is CC(=O)Nc1ccc2ccc(CN3C(=O)c4ccccc4C3=O)cc2n1. The van der Waals surface area contributed by atoms with Gasteiger partial charge in [-0.25, -0.2) is 4.98 Å². The fourth-order valence-electron chi connectivity index (χ4n) is 3.08. The lowest BCUT2D eigenvalue weighted by atomic mass is 10.1. The van der Waals surface area contributed by atoms with Crippen LogP contribution in [0.5, 0.6) is 0 Å². The summed E-state index contributed by atoms with van der Waals surface area (Å²) in [5.41, 5.74) is 2.35. The van der Waals surface area contributed by atoms with Crippen molar-refractivity contribution in [3.63, 3.8) is 0 Å². The zero-order valence-corrected chi connectivity index (χ0v) is 14.0. The summed E-state index contributed by atoms with van der Waals surface area (Å²) >= 11 is 0. The second-order valence-corrected chi connectivity index (χ2v) is 6.15. The number of hydrogen-bond acceptors (Lipinski definition) is 4. The van der Waals surface area contributed by atoms with Crippen LogP contribution in [0.3, 0.4) is 0 Å². The molecule has 1 aliphatic rings. The summed E-state index contributed by atoms with van der Waals surface area (Å²) in [6.07, 6.45) is 0. The molecule has 1 N–H and O–H groups in total. The number of carbonyl (C=O) groups excluding carboxylic acids is 3. The summed E-state index contributed by atoms with van der Waals surface area (Å²) in [5, 5.41) is 3.55. The van der Waals surface area contributed by atoms with E-state index in [0.29, 0.717) is 22.5 Å². The van der Waals surface area contributed by atoms with Gasteiger partial charge in [0.05, 0.1) is 23.2 Å². The number of pyridine rings is 1. The van der Waals surface area contributed by atoms with E-state index >= 15 is 0 Å². The van der Waals surface area contributed by atoms with Gasteiger partial charge in [-0.3, -0.25) is 19.3 Å².